The highest BCUT2D eigenvalue weighted by Crippen LogP contribution is 2.32. The van der Waals surface area contributed by atoms with Gasteiger partial charge in [-0.1, -0.05) is 31.2 Å². The number of carbonyl (C=O) groups is 2. The van der Waals surface area contributed by atoms with Crippen molar-refractivity contribution in [2.24, 2.45) is 11.8 Å². The highest BCUT2D eigenvalue weighted by atomic mass is 32.1. The zero-order valence-electron chi connectivity index (χ0n) is 13.3. The van der Waals surface area contributed by atoms with Gasteiger partial charge in [-0.15, -0.1) is 11.3 Å². The molecular weight excluding hydrogens is 324 g/mol. The Kier molecular flexibility index (Phi) is 3.84. The van der Waals surface area contributed by atoms with Gasteiger partial charge in [0, 0.05) is 10.8 Å². The van der Waals surface area contributed by atoms with Gasteiger partial charge in [-0.25, -0.2) is 9.78 Å². The van der Waals surface area contributed by atoms with Crippen molar-refractivity contribution in [3.05, 3.63) is 46.5 Å². The van der Waals surface area contributed by atoms with Crippen LogP contribution >= 0.6 is 11.3 Å². The number of hydrogen-bond donors (Lipinski definition) is 1. The molecule has 0 saturated carbocycles. The predicted molar refractivity (Wildman–Crippen MR) is 91.7 cm³/mol. The first-order valence-corrected chi connectivity index (χ1v) is 8.99. The summed E-state index contributed by atoms with van der Waals surface area (Å²) < 4.78 is 5.33. The molecule has 1 aromatic rings. The topological polar surface area (TPSA) is 68.3 Å². The van der Waals surface area contributed by atoms with Crippen LogP contribution < -0.4 is 5.32 Å². The van der Waals surface area contributed by atoms with Gasteiger partial charge in [-0.2, -0.15) is 0 Å². The fraction of sp³-hybridized carbons (Fsp3) is 0.389. The molecule has 4 rings (SSSR count). The van der Waals surface area contributed by atoms with Crippen LogP contribution in [0, 0.1) is 11.8 Å². The Bertz CT molecular complexity index is 790. The van der Waals surface area contributed by atoms with Crippen LogP contribution in [0.4, 0.5) is 5.13 Å². The summed E-state index contributed by atoms with van der Waals surface area (Å²) in [6, 6.07) is 0. The second-order valence-corrected chi connectivity index (χ2v) is 7.57. The summed E-state index contributed by atoms with van der Waals surface area (Å²) in [5.41, 5.74) is 1.13. The Morgan fingerprint density at radius 2 is 2.21 bits per heavy atom. The van der Waals surface area contributed by atoms with Crippen LogP contribution in [0.2, 0.25) is 0 Å². The van der Waals surface area contributed by atoms with Crippen LogP contribution in [-0.4, -0.2) is 23.0 Å². The van der Waals surface area contributed by atoms with Gasteiger partial charge in [0.05, 0.1) is 5.69 Å². The number of esters is 1. The van der Waals surface area contributed by atoms with Crippen molar-refractivity contribution in [1.82, 2.24) is 4.98 Å². The third-order valence-electron chi connectivity index (χ3n) is 4.60. The third kappa shape index (κ3) is 2.82. The number of ether oxygens (including phenoxy) is 1. The first-order chi connectivity index (χ1) is 11.6. The SMILES string of the molecule is C[C@H]1CCc2nc(NC(=O)C3=C[C@@H]4C=CC=C[C@@H]4OC3=O)sc2C1. The molecule has 0 saturated heterocycles. The summed E-state index contributed by atoms with van der Waals surface area (Å²) in [4.78, 5) is 30.3. The first kappa shape index (κ1) is 15.3. The number of rotatable bonds is 2. The lowest BCUT2D eigenvalue weighted by Gasteiger charge is -2.26. The Morgan fingerprint density at radius 1 is 1.38 bits per heavy atom. The molecule has 2 aliphatic carbocycles. The molecule has 6 heteroatoms. The normalized spacial score (nSPS) is 27.8. The van der Waals surface area contributed by atoms with Crippen molar-refractivity contribution in [3.63, 3.8) is 0 Å². The van der Waals surface area contributed by atoms with E-state index in [1.807, 2.05) is 24.3 Å². The number of thiazole rings is 1. The second-order valence-electron chi connectivity index (χ2n) is 6.49. The van der Waals surface area contributed by atoms with E-state index in [2.05, 4.69) is 17.2 Å². The lowest BCUT2D eigenvalue weighted by molar-refractivity contribution is -0.145. The summed E-state index contributed by atoms with van der Waals surface area (Å²) in [5, 5.41) is 3.33. The van der Waals surface area contributed by atoms with E-state index in [0.717, 1.165) is 25.0 Å². The Labute approximate surface area is 144 Å². The van der Waals surface area contributed by atoms with Gasteiger partial charge in [0.2, 0.25) is 0 Å². The van der Waals surface area contributed by atoms with Gasteiger partial charge in [-0.3, -0.25) is 10.1 Å². The maximum absolute atomic E-state index is 12.5. The number of aromatic nitrogens is 1. The molecule has 1 N–H and O–H groups in total. The van der Waals surface area contributed by atoms with E-state index in [1.54, 1.807) is 6.08 Å². The molecule has 0 bridgehead atoms. The maximum Gasteiger partial charge on any atom is 0.344 e. The minimum absolute atomic E-state index is 0.0535. The molecule has 3 aliphatic rings. The third-order valence-corrected chi connectivity index (χ3v) is 5.63. The van der Waals surface area contributed by atoms with E-state index in [-0.39, 0.29) is 17.6 Å². The molecule has 0 spiro atoms. The molecular formula is C18H18N2O3S. The molecule has 0 radical (unpaired) electrons. The lowest BCUT2D eigenvalue weighted by Crippen LogP contribution is -2.34. The van der Waals surface area contributed by atoms with Gasteiger partial charge in [0.15, 0.2) is 5.13 Å². The largest absolute Gasteiger partial charge is 0.453 e. The van der Waals surface area contributed by atoms with Crippen molar-refractivity contribution in [3.8, 4) is 0 Å². The smallest absolute Gasteiger partial charge is 0.344 e. The van der Waals surface area contributed by atoms with Crippen LogP contribution in [0.5, 0.6) is 0 Å². The van der Waals surface area contributed by atoms with E-state index < -0.39 is 11.9 Å². The number of nitrogens with zero attached hydrogens (tertiary/aromatic N) is 1. The van der Waals surface area contributed by atoms with E-state index in [9.17, 15) is 9.59 Å². The van der Waals surface area contributed by atoms with Crippen molar-refractivity contribution < 1.29 is 14.3 Å². The lowest BCUT2D eigenvalue weighted by atomic mass is 9.92. The molecule has 0 unspecified atom stereocenters. The average molecular weight is 342 g/mol. The predicted octanol–water partition coefficient (Wildman–Crippen LogP) is 2.80. The highest BCUT2D eigenvalue weighted by Gasteiger charge is 2.33. The number of allylic oxidation sites excluding steroid dienone is 2. The van der Waals surface area contributed by atoms with Crippen LogP contribution in [0.1, 0.15) is 23.9 Å². The molecule has 0 fully saturated rings. The average Bonchev–Trinajstić information content (AvgIpc) is 2.95. The van der Waals surface area contributed by atoms with Crippen LogP contribution in [-0.2, 0) is 27.2 Å². The molecule has 5 nitrogen and oxygen atoms in total. The first-order valence-electron chi connectivity index (χ1n) is 8.18. The fourth-order valence-corrected chi connectivity index (χ4v) is 4.41. The number of anilines is 1. The molecule has 1 aromatic heterocycles. The Morgan fingerprint density at radius 3 is 3.08 bits per heavy atom. The molecule has 1 amide bonds. The summed E-state index contributed by atoms with van der Waals surface area (Å²) in [6.07, 6.45) is 11.9. The van der Waals surface area contributed by atoms with Gasteiger partial charge >= 0.3 is 5.97 Å². The van der Waals surface area contributed by atoms with E-state index in [0.29, 0.717) is 11.0 Å². The van der Waals surface area contributed by atoms with Crippen molar-refractivity contribution in [2.75, 3.05) is 5.32 Å². The molecule has 2 heterocycles. The van der Waals surface area contributed by atoms with Crippen molar-refractivity contribution >= 4 is 28.3 Å². The van der Waals surface area contributed by atoms with Gasteiger partial charge in [0.1, 0.15) is 11.7 Å². The highest BCUT2D eigenvalue weighted by molar-refractivity contribution is 7.15. The zero-order chi connectivity index (χ0) is 16.7. The van der Waals surface area contributed by atoms with Crippen molar-refractivity contribution in [1.29, 1.82) is 0 Å². The molecule has 3 atom stereocenters. The van der Waals surface area contributed by atoms with Gasteiger partial charge in [-0.05, 0) is 31.3 Å². The fourth-order valence-electron chi connectivity index (χ4n) is 3.25. The summed E-state index contributed by atoms with van der Waals surface area (Å²) >= 11 is 1.51. The zero-order valence-corrected chi connectivity index (χ0v) is 14.1. The number of aryl methyl sites for hydroxylation is 1. The number of carbonyl (C=O) groups excluding carboxylic acids is 2. The van der Waals surface area contributed by atoms with Crippen LogP contribution in [0.25, 0.3) is 0 Å². The number of amides is 1. The van der Waals surface area contributed by atoms with Gasteiger partial charge < -0.3 is 4.74 Å². The minimum Gasteiger partial charge on any atom is -0.453 e. The standard InChI is InChI=1S/C18H18N2O3S/c1-10-6-7-13-15(8-10)24-18(19-13)20-16(21)12-9-11-4-2-3-5-14(11)23-17(12)22/h2-5,9-11,14H,6-8H2,1H3,(H,19,20,21)/t10-,11-,14-/m0/s1. The molecule has 24 heavy (non-hydrogen) atoms. The number of fused-ring (bicyclic) bond motifs is 2. The van der Waals surface area contributed by atoms with E-state index in [1.165, 1.54) is 16.2 Å². The quantitative estimate of drug-likeness (QED) is 0.663. The monoisotopic (exact) mass is 342 g/mol. The molecule has 0 aromatic carbocycles. The van der Waals surface area contributed by atoms with Crippen molar-refractivity contribution in [2.45, 2.75) is 32.3 Å². The number of hydrogen-bond acceptors (Lipinski definition) is 5. The summed E-state index contributed by atoms with van der Waals surface area (Å²) in [5.74, 6) is -0.455. The van der Waals surface area contributed by atoms with Gasteiger partial charge in [0.25, 0.3) is 5.91 Å². The number of nitrogens with one attached hydrogen (secondary N) is 1. The molecule has 124 valence electrons. The second kappa shape index (κ2) is 6.02. The van der Waals surface area contributed by atoms with E-state index in [4.69, 9.17) is 4.74 Å². The Hall–Kier alpha value is -2.21. The van der Waals surface area contributed by atoms with Crippen LogP contribution in [0.3, 0.4) is 0 Å². The maximum atomic E-state index is 12.5. The summed E-state index contributed by atoms with van der Waals surface area (Å²) in [7, 11) is 0. The van der Waals surface area contributed by atoms with E-state index >= 15 is 0 Å². The molecule has 1 aliphatic heterocycles. The summed E-state index contributed by atoms with van der Waals surface area (Å²) in [6.45, 7) is 2.23. The Balaban J connectivity index is 1.52. The minimum atomic E-state index is -0.580. The van der Waals surface area contributed by atoms with Crippen LogP contribution in [0.15, 0.2) is 36.0 Å².